The Kier molecular flexibility index (Phi) is 5.96. The maximum Gasteiger partial charge on any atom is 0.271 e. The summed E-state index contributed by atoms with van der Waals surface area (Å²) in [4.78, 5) is 45.1. The van der Waals surface area contributed by atoms with E-state index in [0.717, 1.165) is 9.37 Å². The van der Waals surface area contributed by atoms with Gasteiger partial charge in [-0.15, -0.1) is 0 Å². The molecular weight excluding hydrogens is 542 g/mol. The van der Waals surface area contributed by atoms with E-state index in [-0.39, 0.29) is 5.69 Å². The van der Waals surface area contributed by atoms with Gasteiger partial charge in [0.25, 0.3) is 11.6 Å². The van der Waals surface area contributed by atoms with E-state index in [1.54, 1.807) is 48.5 Å². The number of nitro benzene ring substituents is 1. The van der Waals surface area contributed by atoms with Crippen LogP contribution in [-0.4, -0.2) is 30.0 Å². The highest BCUT2D eigenvalue weighted by Crippen LogP contribution is 2.50. The number of hydrogen-bond donors (Lipinski definition) is 0. The number of hydroxylamine groups is 1. The molecule has 2 saturated heterocycles. The maximum atomic E-state index is 13.7. The molecule has 2 fully saturated rings. The minimum atomic E-state index is -1.13. The molecule has 5 rings (SSSR count). The monoisotopic (exact) mass is 557 g/mol. The van der Waals surface area contributed by atoms with Crippen molar-refractivity contribution in [2.24, 2.45) is 5.92 Å². The Hall–Kier alpha value is -3.47. The van der Waals surface area contributed by atoms with Crippen molar-refractivity contribution in [3.63, 3.8) is 0 Å². The lowest BCUT2D eigenvalue weighted by Gasteiger charge is -2.29. The summed E-state index contributed by atoms with van der Waals surface area (Å²) in [5, 5.41) is 13.2. The smallest absolute Gasteiger partial charge is 0.271 e. The molecule has 178 valence electrons. The zero-order valence-electron chi connectivity index (χ0n) is 18.1. The minimum Gasteiger partial charge on any atom is -0.496 e. The van der Waals surface area contributed by atoms with Crippen LogP contribution in [0.2, 0.25) is 5.02 Å². The predicted molar refractivity (Wildman–Crippen MR) is 131 cm³/mol. The second-order valence-corrected chi connectivity index (χ2v) is 9.33. The third-order valence-electron chi connectivity index (χ3n) is 6.01. The molecule has 2 heterocycles. The van der Waals surface area contributed by atoms with E-state index in [9.17, 15) is 19.7 Å². The largest absolute Gasteiger partial charge is 0.496 e. The van der Waals surface area contributed by atoms with Crippen LogP contribution in [0.15, 0.2) is 71.2 Å². The summed E-state index contributed by atoms with van der Waals surface area (Å²) in [5.74, 6) is -1.44. The quantitative estimate of drug-likeness (QED) is 0.245. The summed E-state index contributed by atoms with van der Waals surface area (Å²) in [7, 11) is 1.50. The van der Waals surface area contributed by atoms with Gasteiger partial charge < -0.3 is 4.74 Å². The second kappa shape index (κ2) is 8.95. The molecular formula is C24H17BrClN3O6. The van der Waals surface area contributed by atoms with Crippen molar-refractivity contribution >= 4 is 56.4 Å². The summed E-state index contributed by atoms with van der Waals surface area (Å²) >= 11 is 9.43. The number of fused-ring (bicyclic) bond motifs is 1. The third-order valence-corrected chi connectivity index (χ3v) is 6.75. The first kappa shape index (κ1) is 23.3. The van der Waals surface area contributed by atoms with Crippen molar-refractivity contribution in [1.82, 2.24) is 0 Å². The van der Waals surface area contributed by atoms with Gasteiger partial charge in [0.05, 0.1) is 29.4 Å². The molecule has 0 spiro atoms. The summed E-state index contributed by atoms with van der Waals surface area (Å²) in [6.45, 7) is 0. The number of benzene rings is 3. The van der Waals surface area contributed by atoms with E-state index < -0.39 is 34.8 Å². The van der Waals surface area contributed by atoms with E-state index in [0.29, 0.717) is 27.7 Å². The Morgan fingerprint density at radius 2 is 1.77 bits per heavy atom. The number of ether oxygens (including phenoxy) is 1. The van der Waals surface area contributed by atoms with Crippen LogP contribution in [0.5, 0.6) is 5.75 Å². The van der Waals surface area contributed by atoms with Crippen LogP contribution >= 0.6 is 27.5 Å². The normalized spacial score (nSPS) is 21.4. The van der Waals surface area contributed by atoms with Crippen molar-refractivity contribution in [1.29, 1.82) is 0 Å². The van der Waals surface area contributed by atoms with E-state index in [1.165, 1.54) is 30.4 Å². The number of carbonyl (C=O) groups excluding carboxylic acids is 2. The van der Waals surface area contributed by atoms with Gasteiger partial charge in [0.2, 0.25) is 5.91 Å². The molecule has 0 aliphatic carbocycles. The Balaban J connectivity index is 1.64. The molecule has 35 heavy (non-hydrogen) atoms. The first-order valence-electron chi connectivity index (χ1n) is 10.5. The molecule has 3 aromatic carbocycles. The molecule has 0 radical (unpaired) electrons. The fraction of sp³-hybridized carbons (Fsp3) is 0.167. The van der Waals surface area contributed by atoms with Crippen molar-refractivity contribution in [3.8, 4) is 5.75 Å². The van der Waals surface area contributed by atoms with Gasteiger partial charge in [0, 0.05) is 27.2 Å². The maximum absolute atomic E-state index is 13.7. The predicted octanol–water partition coefficient (Wildman–Crippen LogP) is 5.07. The van der Waals surface area contributed by atoms with Crippen molar-refractivity contribution < 1.29 is 24.1 Å². The second-order valence-electron chi connectivity index (χ2n) is 7.97. The van der Waals surface area contributed by atoms with Crippen LogP contribution in [0.25, 0.3) is 0 Å². The van der Waals surface area contributed by atoms with Gasteiger partial charge in [-0.2, -0.15) is 0 Å². The zero-order valence-corrected chi connectivity index (χ0v) is 20.5. The number of hydrogen-bond acceptors (Lipinski definition) is 7. The van der Waals surface area contributed by atoms with Crippen LogP contribution in [0.3, 0.4) is 0 Å². The summed E-state index contributed by atoms with van der Waals surface area (Å²) in [5.41, 5.74) is 1.15. The fourth-order valence-electron chi connectivity index (χ4n) is 4.48. The van der Waals surface area contributed by atoms with Crippen LogP contribution in [0.1, 0.15) is 11.6 Å². The van der Waals surface area contributed by atoms with E-state index in [1.807, 2.05) is 0 Å². The molecule has 0 saturated carbocycles. The van der Waals surface area contributed by atoms with E-state index >= 15 is 0 Å². The third kappa shape index (κ3) is 3.93. The topological polar surface area (TPSA) is 102 Å². The summed E-state index contributed by atoms with van der Waals surface area (Å²) in [6.07, 6.45) is -1.13. The van der Waals surface area contributed by atoms with E-state index in [2.05, 4.69) is 15.9 Å². The molecule has 0 N–H and O–H groups in total. The minimum absolute atomic E-state index is 0.149. The van der Waals surface area contributed by atoms with E-state index in [4.69, 9.17) is 21.2 Å². The Bertz CT molecular complexity index is 1350. The SMILES string of the molecule is COc1ccc(Br)cc1[C@@H]1[C@@H]2C(=O)N(c3ccc(Cl)cc3)C(=O)[C@@H]2ON1c1cccc([N+](=O)[O-])c1. The molecule has 0 unspecified atom stereocenters. The van der Waals surface area contributed by atoms with Gasteiger partial charge in [-0.25, -0.2) is 9.96 Å². The molecule has 0 bridgehead atoms. The molecule has 2 aliphatic heterocycles. The molecule has 9 nitrogen and oxygen atoms in total. The molecule has 3 aromatic rings. The van der Waals surface area contributed by atoms with Gasteiger partial charge in [-0.3, -0.25) is 24.5 Å². The van der Waals surface area contributed by atoms with Gasteiger partial charge in [-0.1, -0.05) is 33.6 Å². The highest BCUT2D eigenvalue weighted by molar-refractivity contribution is 9.10. The number of carbonyl (C=O) groups is 2. The summed E-state index contributed by atoms with van der Waals surface area (Å²) in [6, 6.07) is 16.7. The lowest BCUT2D eigenvalue weighted by atomic mass is 9.90. The highest BCUT2D eigenvalue weighted by Gasteiger charge is 2.60. The number of halogens is 2. The van der Waals surface area contributed by atoms with Crippen molar-refractivity contribution in [3.05, 3.63) is 91.9 Å². The van der Waals surface area contributed by atoms with Crippen LogP contribution < -0.4 is 14.7 Å². The Morgan fingerprint density at radius 1 is 1.03 bits per heavy atom. The number of imide groups is 1. The van der Waals surface area contributed by atoms with Gasteiger partial charge in [0.1, 0.15) is 11.7 Å². The number of amides is 2. The lowest BCUT2D eigenvalue weighted by molar-refractivity contribution is -0.384. The molecule has 11 heteroatoms. The number of anilines is 2. The number of methoxy groups -OCH3 is 1. The summed E-state index contributed by atoms with van der Waals surface area (Å²) < 4.78 is 6.28. The highest BCUT2D eigenvalue weighted by atomic mass is 79.9. The molecule has 3 atom stereocenters. The molecule has 2 aliphatic rings. The van der Waals surface area contributed by atoms with Crippen LogP contribution in [-0.2, 0) is 14.4 Å². The van der Waals surface area contributed by atoms with Crippen LogP contribution in [0.4, 0.5) is 17.1 Å². The van der Waals surface area contributed by atoms with Crippen LogP contribution in [0, 0.1) is 16.0 Å². The number of nitro groups is 1. The van der Waals surface area contributed by atoms with Crippen molar-refractivity contribution in [2.45, 2.75) is 12.1 Å². The standard InChI is InChI=1S/C24H17BrClN3O6/c1-34-19-10-5-13(25)11-18(19)21-20-22(35-28(21)16-3-2-4-17(12-16)29(32)33)24(31)27(23(20)30)15-8-6-14(26)7-9-15/h2-12,20-22H,1H3/t20-,21+,22+/m0/s1. The Morgan fingerprint density at radius 3 is 2.46 bits per heavy atom. The molecule has 2 amide bonds. The zero-order chi connectivity index (χ0) is 24.9. The first-order chi connectivity index (χ1) is 16.8. The Labute approximate surface area is 213 Å². The fourth-order valence-corrected chi connectivity index (χ4v) is 4.98. The van der Waals surface area contributed by atoms with Gasteiger partial charge >= 0.3 is 0 Å². The number of rotatable bonds is 5. The first-order valence-corrected chi connectivity index (χ1v) is 11.6. The average Bonchev–Trinajstić information content (AvgIpc) is 3.36. The van der Waals surface area contributed by atoms with Gasteiger partial charge in [0.15, 0.2) is 6.10 Å². The lowest BCUT2D eigenvalue weighted by Crippen LogP contribution is -2.37. The van der Waals surface area contributed by atoms with Gasteiger partial charge in [-0.05, 0) is 48.5 Å². The van der Waals surface area contributed by atoms with Crippen molar-refractivity contribution in [2.75, 3.05) is 17.1 Å². The number of nitrogens with zero attached hydrogens (tertiary/aromatic N) is 3. The molecule has 0 aromatic heterocycles. The average molecular weight is 559 g/mol. The number of non-ortho nitro benzene ring substituents is 1.